The predicted octanol–water partition coefficient (Wildman–Crippen LogP) is 13.7. The van der Waals surface area contributed by atoms with Crippen LogP contribution in [0.5, 0.6) is 0 Å². The summed E-state index contributed by atoms with van der Waals surface area (Å²) in [6, 6.07) is -29.1. The third-order valence-electron chi connectivity index (χ3n) is 8.42. The fourth-order valence-corrected chi connectivity index (χ4v) is 6.00. The lowest BCUT2D eigenvalue weighted by Gasteiger charge is -2.09. The van der Waals surface area contributed by atoms with Crippen LogP contribution in [0, 0.1) is 0 Å². The highest BCUT2D eigenvalue weighted by Gasteiger charge is 2.22. The standard InChI is InChI=1S/C51H31N3O2/c1-4-14-32(15-5-1)33-26-28-36(29-27-33)50-52-49(35-18-8-3-9-19-35)53-51(54-50)43-24-13-23-41-40-22-12-21-39(46(40)56-47(41)43)38-31-30-37(34-16-6-2-7-17-34)48-45(38)42-20-10-11-25-44(42)55-48/h1-31H/i1D,2D,3D,4D,5D,6D,7D,8D,9D,10D,11D,12D,13D,14D,15D,16D,17D,18D,19D,20D,21D,22D,23D,24D,25D,26D,27D,28D,29D,30D,31D. The highest BCUT2D eigenvalue weighted by molar-refractivity contribution is 6.20. The Kier molecular flexibility index (Phi) is 3.17. The van der Waals surface area contributed by atoms with Gasteiger partial charge in [0.25, 0.3) is 0 Å². The maximum absolute atomic E-state index is 9.71. The van der Waals surface area contributed by atoms with E-state index in [9.17, 15) is 12.3 Å². The van der Waals surface area contributed by atoms with Crippen LogP contribution in [0.4, 0.5) is 0 Å². The summed E-state index contributed by atoms with van der Waals surface area (Å²) in [5.74, 6) is -2.74. The number of aromatic nitrogens is 3. The second kappa shape index (κ2) is 13.0. The Bertz CT molecular complexity index is 4960. The monoisotopic (exact) mass is 748 g/mol. The molecule has 3 heterocycles. The molecule has 0 fully saturated rings. The summed E-state index contributed by atoms with van der Waals surface area (Å²) in [6.07, 6.45) is 0. The van der Waals surface area contributed by atoms with Crippen molar-refractivity contribution in [3.05, 3.63) is 187 Å². The maximum Gasteiger partial charge on any atom is 0.167 e. The molecule has 262 valence electrons. The first-order valence-corrected chi connectivity index (χ1v) is 16.2. The summed E-state index contributed by atoms with van der Waals surface area (Å²) < 4.78 is 287. The number of hydrogen-bond acceptors (Lipinski definition) is 5. The molecule has 5 nitrogen and oxygen atoms in total. The number of furan rings is 2. The number of hydrogen-bond donors (Lipinski definition) is 0. The zero-order valence-electron chi connectivity index (χ0n) is 58.7. The van der Waals surface area contributed by atoms with Crippen molar-refractivity contribution in [2.75, 3.05) is 0 Å². The topological polar surface area (TPSA) is 65.0 Å². The molecular weight excluding hydrogens is 687 g/mol. The summed E-state index contributed by atoms with van der Waals surface area (Å²) in [4.78, 5) is 13.0. The molecule has 8 aromatic carbocycles. The van der Waals surface area contributed by atoms with Crippen molar-refractivity contribution in [2.45, 2.75) is 0 Å². The number of rotatable bonds is 6. The normalized spacial score (nSPS) is 19.3. The van der Waals surface area contributed by atoms with Gasteiger partial charge in [-0.25, -0.2) is 15.0 Å². The summed E-state index contributed by atoms with van der Waals surface area (Å²) in [5, 5.41) is -2.41. The summed E-state index contributed by atoms with van der Waals surface area (Å²) in [5.41, 5.74) is -9.77. The van der Waals surface area contributed by atoms with Crippen molar-refractivity contribution in [3.8, 4) is 67.5 Å². The Morgan fingerprint density at radius 3 is 1.48 bits per heavy atom. The first-order valence-electron chi connectivity index (χ1n) is 31.7. The fourth-order valence-electron chi connectivity index (χ4n) is 6.00. The van der Waals surface area contributed by atoms with Crippen molar-refractivity contribution in [3.63, 3.8) is 0 Å². The van der Waals surface area contributed by atoms with Crippen LogP contribution in [0.3, 0.4) is 0 Å². The highest BCUT2D eigenvalue weighted by atomic mass is 16.3. The predicted molar refractivity (Wildman–Crippen MR) is 227 cm³/mol. The Hall–Kier alpha value is -7.63. The zero-order valence-corrected chi connectivity index (χ0v) is 27.7. The Balaban J connectivity index is 1.31. The van der Waals surface area contributed by atoms with E-state index in [4.69, 9.17) is 39.0 Å². The molecule has 0 amide bonds. The van der Waals surface area contributed by atoms with Gasteiger partial charge in [-0.1, -0.05) is 169 Å². The summed E-state index contributed by atoms with van der Waals surface area (Å²) in [7, 11) is 0. The van der Waals surface area contributed by atoms with E-state index < -0.39 is 299 Å². The van der Waals surface area contributed by atoms with Gasteiger partial charge < -0.3 is 8.83 Å². The lowest BCUT2D eigenvalue weighted by atomic mass is 9.94. The van der Waals surface area contributed by atoms with Gasteiger partial charge in [-0.15, -0.1) is 0 Å². The van der Waals surface area contributed by atoms with E-state index >= 15 is 0 Å². The van der Waals surface area contributed by atoms with E-state index in [2.05, 4.69) is 15.0 Å². The molecule has 0 bridgehead atoms. The molecule has 0 aliphatic carbocycles. The molecule has 0 aliphatic heterocycles. The highest BCUT2D eigenvalue weighted by Crippen LogP contribution is 2.45. The van der Waals surface area contributed by atoms with Crippen molar-refractivity contribution in [1.29, 1.82) is 0 Å². The van der Waals surface area contributed by atoms with E-state index in [1.165, 1.54) is 0 Å². The second-order valence-corrected chi connectivity index (χ2v) is 11.6. The van der Waals surface area contributed by atoms with Crippen LogP contribution < -0.4 is 0 Å². The van der Waals surface area contributed by atoms with E-state index in [1.807, 2.05) is 0 Å². The maximum atomic E-state index is 9.71. The minimum absolute atomic E-state index is 0.560. The van der Waals surface area contributed by atoms with Gasteiger partial charge in [0.1, 0.15) is 22.3 Å². The molecule has 0 spiro atoms. The number of fused-ring (bicyclic) bond motifs is 6. The quantitative estimate of drug-likeness (QED) is 0.169. The third kappa shape index (κ3) is 5.29. The van der Waals surface area contributed by atoms with Crippen LogP contribution in [-0.2, 0) is 0 Å². The molecule has 11 rings (SSSR count). The van der Waals surface area contributed by atoms with Crippen LogP contribution in [0.1, 0.15) is 42.5 Å². The Labute approximate surface area is 365 Å². The van der Waals surface area contributed by atoms with Crippen LogP contribution in [0.25, 0.3) is 111 Å². The summed E-state index contributed by atoms with van der Waals surface area (Å²) in [6.45, 7) is 0. The number of nitrogens with zero attached hydrogens (tertiary/aromatic N) is 3. The smallest absolute Gasteiger partial charge is 0.167 e. The van der Waals surface area contributed by atoms with Gasteiger partial charge in [-0.2, -0.15) is 0 Å². The molecule has 0 radical (unpaired) electrons. The van der Waals surface area contributed by atoms with Crippen molar-refractivity contribution in [2.24, 2.45) is 0 Å². The lowest BCUT2D eigenvalue weighted by molar-refractivity contribution is 0.669. The van der Waals surface area contributed by atoms with Crippen molar-refractivity contribution >= 4 is 43.9 Å². The largest absolute Gasteiger partial charge is 0.455 e. The molecule has 0 saturated carbocycles. The molecule has 5 heteroatoms. The number of para-hydroxylation sites is 3. The van der Waals surface area contributed by atoms with Gasteiger partial charge in [-0.05, 0) is 40.4 Å². The SMILES string of the molecule is [2H]c1c([2H])c([2H])c(-c2nc(-c3c([2H])c([2H])c(-c4c([2H])c([2H])c([2H])c([2H])c4[2H])c([2H])c3[2H])nc(-c3c([2H])c([2H])c([2H])c4c3oc3c(-c5c([2H])c([2H])c(-c6c([2H])c([2H])c([2H])c([2H])c6[2H])c6oc7c([2H])c([2H])c([2H])c([2H])c7c56)c([2H])c([2H])c([2H])c34)n2)c([2H])c1[2H]. The zero-order chi connectivity index (χ0) is 64.0. The molecule has 3 aromatic heterocycles. The second-order valence-electron chi connectivity index (χ2n) is 11.6. The summed E-state index contributed by atoms with van der Waals surface area (Å²) >= 11 is 0. The Morgan fingerprint density at radius 1 is 0.304 bits per heavy atom. The minimum Gasteiger partial charge on any atom is -0.455 e. The molecular formula is C51H31N3O2. The van der Waals surface area contributed by atoms with E-state index in [1.54, 1.807) is 0 Å². The van der Waals surface area contributed by atoms with Crippen LogP contribution in [0.2, 0.25) is 0 Å². The molecule has 0 aliphatic rings. The van der Waals surface area contributed by atoms with E-state index in [0.717, 1.165) is 0 Å². The van der Waals surface area contributed by atoms with Gasteiger partial charge in [0.15, 0.2) is 17.5 Å². The molecule has 56 heavy (non-hydrogen) atoms. The van der Waals surface area contributed by atoms with Crippen LogP contribution >= 0.6 is 0 Å². The third-order valence-corrected chi connectivity index (χ3v) is 8.42. The Morgan fingerprint density at radius 2 is 0.786 bits per heavy atom. The van der Waals surface area contributed by atoms with Gasteiger partial charge in [0.05, 0.1) is 48.1 Å². The first-order chi connectivity index (χ1) is 40.6. The molecule has 0 atom stereocenters. The van der Waals surface area contributed by atoms with Gasteiger partial charge in [0, 0.05) is 43.8 Å². The number of benzene rings is 8. The van der Waals surface area contributed by atoms with Crippen LogP contribution in [0.15, 0.2) is 196 Å². The first kappa shape index (κ1) is 13.6. The van der Waals surface area contributed by atoms with Gasteiger partial charge in [-0.3, -0.25) is 0 Å². The van der Waals surface area contributed by atoms with E-state index in [-0.39, 0.29) is 0 Å². The van der Waals surface area contributed by atoms with Gasteiger partial charge in [0.2, 0.25) is 0 Å². The average Bonchev–Trinajstić information content (AvgIpc) is 1.60. The van der Waals surface area contributed by atoms with Gasteiger partial charge >= 0.3 is 0 Å². The van der Waals surface area contributed by atoms with E-state index in [0.29, 0.717) is 0 Å². The fraction of sp³-hybridized carbons (Fsp3) is 0. The van der Waals surface area contributed by atoms with Crippen molar-refractivity contribution < 1.29 is 51.3 Å². The van der Waals surface area contributed by atoms with Crippen LogP contribution in [-0.4, -0.2) is 15.0 Å². The van der Waals surface area contributed by atoms with Crippen molar-refractivity contribution in [1.82, 2.24) is 15.0 Å². The lowest BCUT2D eigenvalue weighted by Crippen LogP contribution is -2.00. The molecule has 11 aromatic rings. The molecule has 0 unspecified atom stereocenters. The minimum atomic E-state index is -1.06. The molecule has 0 N–H and O–H groups in total. The average molecular weight is 749 g/mol. The molecule has 0 saturated heterocycles.